The van der Waals surface area contributed by atoms with Crippen molar-refractivity contribution < 1.29 is 4.79 Å². The molecule has 0 unspecified atom stereocenters. The summed E-state index contributed by atoms with van der Waals surface area (Å²) < 4.78 is 0.969. The van der Waals surface area contributed by atoms with Crippen LogP contribution in [0.1, 0.15) is 11.3 Å². The van der Waals surface area contributed by atoms with Crippen LogP contribution in [0.15, 0.2) is 46.6 Å². The molecule has 110 valence electrons. The number of carbonyl (C=O) groups excluding carboxylic acids is 1. The summed E-state index contributed by atoms with van der Waals surface area (Å²) in [6.45, 7) is 4.05. The average Bonchev–Trinajstić information content (AvgIpc) is 2.92. The molecule has 2 rings (SSSR count). The van der Waals surface area contributed by atoms with Gasteiger partial charge in [0.05, 0.1) is 12.1 Å². The predicted molar refractivity (Wildman–Crippen MR) is 90.0 cm³/mol. The molecule has 1 aromatic carbocycles. The van der Waals surface area contributed by atoms with Crippen molar-refractivity contribution in [1.29, 1.82) is 0 Å². The number of hydrogen-bond acceptors (Lipinski definition) is 4. The molecule has 0 fully saturated rings. The van der Waals surface area contributed by atoms with Gasteiger partial charge in [0.1, 0.15) is 4.34 Å². The highest BCUT2D eigenvalue weighted by molar-refractivity contribution is 8.00. The second kappa shape index (κ2) is 8.22. The van der Waals surface area contributed by atoms with Gasteiger partial charge >= 0.3 is 0 Å². The summed E-state index contributed by atoms with van der Waals surface area (Å²) in [5.41, 5.74) is 2.00. The molecular formula is C15H15ClN2OS2. The molecule has 0 aliphatic carbocycles. The van der Waals surface area contributed by atoms with Crippen LogP contribution in [0, 0.1) is 0 Å². The smallest absolute Gasteiger partial charge is 0.226 e. The fourth-order valence-corrected chi connectivity index (χ4v) is 3.50. The zero-order chi connectivity index (χ0) is 15.1. The average molecular weight is 339 g/mol. The second-order valence-corrected chi connectivity index (χ2v) is 6.81. The number of hydrogen-bond donors (Lipinski definition) is 1. The molecule has 0 spiro atoms. The van der Waals surface area contributed by atoms with Crippen molar-refractivity contribution >= 4 is 40.6 Å². The minimum absolute atomic E-state index is 0.0329. The Bertz CT molecular complexity index is 610. The molecule has 6 heteroatoms. The first kappa shape index (κ1) is 16.1. The van der Waals surface area contributed by atoms with E-state index in [1.807, 2.05) is 29.6 Å². The molecule has 1 heterocycles. The maximum Gasteiger partial charge on any atom is 0.226 e. The van der Waals surface area contributed by atoms with E-state index in [-0.39, 0.29) is 5.91 Å². The quantitative estimate of drug-likeness (QED) is 0.614. The first-order chi connectivity index (χ1) is 10.2. The maximum absolute atomic E-state index is 11.6. The van der Waals surface area contributed by atoms with E-state index in [0.29, 0.717) is 13.0 Å². The van der Waals surface area contributed by atoms with Crippen LogP contribution >= 0.6 is 34.7 Å². The van der Waals surface area contributed by atoms with Gasteiger partial charge in [0.15, 0.2) is 0 Å². The minimum atomic E-state index is -0.0329. The second-order valence-electron chi connectivity index (χ2n) is 4.29. The van der Waals surface area contributed by atoms with Crippen molar-refractivity contribution in [1.82, 2.24) is 10.3 Å². The van der Waals surface area contributed by atoms with Crippen LogP contribution in [0.2, 0.25) is 5.02 Å². The standard InChI is InChI=1S/C15H15ClN2OS2/c1-2-7-17-14(19)8-13-10-21-15(18-13)20-9-11-3-5-12(16)6-4-11/h2-6,10H,1,7-9H2,(H,17,19). The number of nitrogens with zero attached hydrogens (tertiary/aromatic N) is 1. The highest BCUT2D eigenvalue weighted by Crippen LogP contribution is 2.26. The van der Waals surface area contributed by atoms with E-state index in [2.05, 4.69) is 16.9 Å². The van der Waals surface area contributed by atoms with Crippen LogP contribution in [-0.2, 0) is 17.0 Å². The molecular weight excluding hydrogens is 324 g/mol. The number of thioether (sulfide) groups is 1. The Balaban J connectivity index is 1.84. The Morgan fingerprint density at radius 1 is 1.43 bits per heavy atom. The van der Waals surface area contributed by atoms with Gasteiger partial charge in [-0.25, -0.2) is 4.98 Å². The molecule has 1 N–H and O–H groups in total. The van der Waals surface area contributed by atoms with Crippen LogP contribution in [0.5, 0.6) is 0 Å². The van der Waals surface area contributed by atoms with E-state index in [4.69, 9.17) is 11.6 Å². The molecule has 0 saturated carbocycles. The van der Waals surface area contributed by atoms with Crippen LogP contribution in [0.3, 0.4) is 0 Å². The summed E-state index contributed by atoms with van der Waals surface area (Å²) in [6.07, 6.45) is 1.97. The lowest BCUT2D eigenvalue weighted by molar-refractivity contribution is -0.120. The van der Waals surface area contributed by atoms with Crippen LogP contribution in [0.25, 0.3) is 0 Å². The third-order valence-electron chi connectivity index (χ3n) is 2.59. The van der Waals surface area contributed by atoms with Gasteiger partial charge in [-0.2, -0.15) is 0 Å². The van der Waals surface area contributed by atoms with E-state index in [1.54, 1.807) is 29.2 Å². The van der Waals surface area contributed by atoms with Gasteiger partial charge in [-0.3, -0.25) is 4.79 Å². The fourth-order valence-electron chi connectivity index (χ4n) is 1.57. The SMILES string of the molecule is C=CCNC(=O)Cc1csc(SCc2ccc(Cl)cc2)n1. The summed E-state index contributed by atoms with van der Waals surface area (Å²) in [6, 6.07) is 7.78. The first-order valence-electron chi connectivity index (χ1n) is 6.36. The van der Waals surface area contributed by atoms with E-state index in [9.17, 15) is 4.79 Å². The molecule has 1 aromatic heterocycles. The van der Waals surface area contributed by atoms with Gasteiger partial charge in [-0.1, -0.05) is 41.6 Å². The Morgan fingerprint density at radius 3 is 2.90 bits per heavy atom. The molecule has 0 radical (unpaired) electrons. The van der Waals surface area contributed by atoms with Gasteiger partial charge in [0.2, 0.25) is 5.91 Å². The number of rotatable bonds is 7. The summed E-state index contributed by atoms with van der Waals surface area (Å²) in [7, 11) is 0. The number of thiazole rings is 1. The number of nitrogens with one attached hydrogen (secondary N) is 1. The van der Waals surface area contributed by atoms with Crippen molar-refractivity contribution in [2.24, 2.45) is 0 Å². The fraction of sp³-hybridized carbons (Fsp3) is 0.200. The Kier molecular flexibility index (Phi) is 6.29. The summed E-state index contributed by atoms with van der Waals surface area (Å²) in [5, 5.41) is 5.41. The highest BCUT2D eigenvalue weighted by Gasteiger charge is 2.07. The molecule has 0 aliphatic rings. The predicted octanol–water partition coefficient (Wildman–Crippen LogP) is 3.93. The minimum Gasteiger partial charge on any atom is -0.352 e. The zero-order valence-corrected chi connectivity index (χ0v) is 13.7. The van der Waals surface area contributed by atoms with Gasteiger partial charge in [0, 0.05) is 22.7 Å². The van der Waals surface area contributed by atoms with Gasteiger partial charge in [0.25, 0.3) is 0 Å². The van der Waals surface area contributed by atoms with Crippen molar-refractivity contribution in [3.05, 3.63) is 58.6 Å². The summed E-state index contributed by atoms with van der Waals surface area (Å²) in [4.78, 5) is 16.0. The number of halogens is 1. The molecule has 2 aromatic rings. The number of aromatic nitrogens is 1. The highest BCUT2D eigenvalue weighted by atomic mass is 35.5. The normalized spacial score (nSPS) is 10.3. The molecule has 0 atom stereocenters. The van der Waals surface area contributed by atoms with Gasteiger partial charge < -0.3 is 5.32 Å². The topological polar surface area (TPSA) is 42.0 Å². The van der Waals surface area contributed by atoms with E-state index < -0.39 is 0 Å². The molecule has 0 saturated heterocycles. The van der Waals surface area contributed by atoms with Crippen LogP contribution < -0.4 is 5.32 Å². The van der Waals surface area contributed by atoms with Gasteiger partial charge in [-0.15, -0.1) is 17.9 Å². The van der Waals surface area contributed by atoms with Crippen molar-refractivity contribution in [2.45, 2.75) is 16.5 Å². The van der Waals surface area contributed by atoms with Crippen LogP contribution in [-0.4, -0.2) is 17.4 Å². The Labute approximate surface area is 137 Å². The lowest BCUT2D eigenvalue weighted by Gasteiger charge is -2.00. The largest absolute Gasteiger partial charge is 0.352 e. The lowest BCUT2D eigenvalue weighted by atomic mass is 10.2. The van der Waals surface area contributed by atoms with Gasteiger partial charge in [-0.05, 0) is 17.7 Å². The number of benzene rings is 1. The molecule has 1 amide bonds. The van der Waals surface area contributed by atoms with E-state index in [1.165, 1.54) is 5.56 Å². The lowest BCUT2D eigenvalue weighted by Crippen LogP contribution is -2.25. The van der Waals surface area contributed by atoms with Crippen molar-refractivity contribution in [3.8, 4) is 0 Å². The van der Waals surface area contributed by atoms with Crippen molar-refractivity contribution in [3.63, 3.8) is 0 Å². The molecule has 0 aliphatic heterocycles. The Hall–Kier alpha value is -1.30. The third kappa shape index (κ3) is 5.53. The summed E-state index contributed by atoms with van der Waals surface area (Å²) in [5.74, 6) is 0.807. The first-order valence-corrected chi connectivity index (χ1v) is 8.61. The third-order valence-corrected chi connectivity index (χ3v) is 4.98. The molecule has 0 bridgehead atoms. The molecule has 21 heavy (non-hydrogen) atoms. The maximum atomic E-state index is 11.6. The van der Waals surface area contributed by atoms with Crippen LogP contribution in [0.4, 0.5) is 0 Å². The number of carbonyl (C=O) groups is 1. The zero-order valence-electron chi connectivity index (χ0n) is 11.3. The summed E-state index contributed by atoms with van der Waals surface area (Å²) >= 11 is 9.08. The van der Waals surface area contributed by atoms with E-state index >= 15 is 0 Å². The van der Waals surface area contributed by atoms with E-state index in [0.717, 1.165) is 20.8 Å². The Morgan fingerprint density at radius 2 is 2.19 bits per heavy atom. The molecule has 3 nitrogen and oxygen atoms in total. The monoisotopic (exact) mass is 338 g/mol. The van der Waals surface area contributed by atoms with Crippen molar-refractivity contribution in [2.75, 3.05) is 6.54 Å². The number of amides is 1.